The minimum Gasteiger partial charge on any atom is -0.481 e. The van der Waals surface area contributed by atoms with Gasteiger partial charge in [0.05, 0.1) is 6.42 Å². The molecule has 0 unspecified atom stereocenters. The molecule has 0 bridgehead atoms. The van der Waals surface area contributed by atoms with E-state index in [0.29, 0.717) is 11.3 Å². The maximum absolute atomic E-state index is 10.5. The van der Waals surface area contributed by atoms with Crippen molar-refractivity contribution in [2.24, 2.45) is 0 Å². The summed E-state index contributed by atoms with van der Waals surface area (Å²) in [4.78, 5) is 11.5. The van der Waals surface area contributed by atoms with Crippen LogP contribution < -0.4 is 5.73 Å². The fourth-order valence-corrected chi connectivity index (χ4v) is 1.49. The van der Waals surface area contributed by atoms with Gasteiger partial charge in [0.15, 0.2) is 0 Å². The number of nitrogen functional groups attached to an aromatic ring is 1. The Kier molecular flexibility index (Phi) is 3.19. The van der Waals surface area contributed by atoms with Gasteiger partial charge in [-0.3, -0.25) is 4.79 Å². The molecule has 1 aromatic rings. The molecule has 4 heteroatoms. The molecule has 13 heavy (non-hydrogen) atoms. The number of thioether (sulfide) groups is 1. The lowest BCUT2D eigenvalue weighted by molar-refractivity contribution is -0.136. The Morgan fingerprint density at radius 1 is 1.62 bits per heavy atom. The predicted molar refractivity (Wildman–Crippen MR) is 54.0 cm³/mol. The van der Waals surface area contributed by atoms with Crippen molar-refractivity contribution < 1.29 is 9.90 Å². The Bertz CT molecular complexity index is 325. The zero-order chi connectivity index (χ0) is 9.84. The molecular formula is C9H11NO2S. The molecule has 0 radical (unpaired) electrons. The maximum atomic E-state index is 10.5. The zero-order valence-corrected chi connectivity index (χ0v) is 8.10. The van der Waals surface area contributed by atoms with Crippen molar-refractivity contribution in [3.63, 3.8) is 0 Å². The Morgan fingerprint density at radius 3 is 2.85 bits per heavy atom. The average molecular weight is 197 g/mol. The van der Waals surface area contributed by atoms with E-state index < -0.39 is 5.97 Å². The van der Waals surface area contributed by atoms with Crippen LogP contribution in [0, 0.1) is 0 Å². The van der Waals surface area contributed by atoms with E-state index in [0.717, 1.165) is 4.90 Å². The summed E-state index contributed by atoms with van der Waals surface area (Å²) < 4.78 is 0. The van der Waals surface area contributed by atoms with Crippen LogP contribution in [0.1, 0.15) is 5.56 Å². The first-order chi connectivity index (χ1) is 6.13. The second kappa shape index (κ2) is 4.18. The first kappa shape index (κ1) is 9.92. The Hall–Kier alpha value is -1.16. The van der Waals surface area contributed by atoms with Gasteiger partial charge in [-0.05, 0) is 30.0 Å². The normalized spacial score (nSPS) is 9.92. The highest BCUT2D eigenvalue weighted by Gasteiger charge is 2.05. The van der Waals surface area contributed by atoms with Gasteiger partial charge in [0.1, 0.15) is 0 Å². The number of hydrogen-bond acceptors (Lipinski definition) is 3. The summed E-state index contributed by atoms with van der Waals surface area (Å²) in [5.41, 5.74) is 6.84. The molecule has 0 fully saturated rings. The lowest BCUT2D eigenvalue weighted by Gasteiger charge is -2.04. The maximum Gasteiger partial charge on any atom is 0.307 e. The van der Waals surface area contributed by atoms with Gasteiger partial charge in [0.2, 0.25) is 0 Å². The first-order valence-corrected chi connectivity index (χ1v) is 5.00. The first-order valence-electron chi connectivity index (χ1n) is 3.77. The van der Waals surface area contributed by atoms with Crippen LogP contribution in [0.15, 0.2) is 23.1 Å². The molecule has 3 N–H and O–H groups in total. The van der Waals surface area contributed by atoms with Crippen molar-refractivity contribution in [3.05, 3.63) is 23.8 Å². The third-order valence-corrected chi connectivity index (χ3v) is 2.42. The molecule has 0 heterocycles. The summed E-state index contributed by atoms with van der Waals surface area (Å²) >= 11 is 1.57. The molecule has 0 aliphatic heterocycles. The minimum absolute atomic E-state index is 0.0137. The highest BCUT2D eigenvalue weighted by atomic mass is 32.2. The van der Waals surface area contributed by atoms with Crippen LogP contribution in [0.5, 0.6) is 0 Å². The Morgan fingerprint density at radius 2 is 2.31 bits per heavy atom. The number of carbonyl (C=O) groups is 1. The van der Waals surface area contributed by atoms with E-state index in [2.05, 4.69) is 0 Å². The van der Waals surface area contributed by atoms with Crippen molar-refractivity contribution >= 4 is 23.4 Å². The van der Waals surface area contributed by atoms with E-state index in [4.69, 9.17) is 10.8 Å². The molecule has 0 spiro atoms. The topological polar surface area (TPSA) is 63.3 Å². The van der Waals surface area contributed by atoms with Gasteiger partial charge in [-0.1, -0.05) is 0 Å². The van der Waals surface area contributed by atoms with Gasteiger partial charge in [-0.15, -0.1) is 11.8 Å². The van der Waals surface area contributed by atoms with Crippen molar-refractivity contribution in [1.82, 2.24) is 0 Å². The monoisotopic (exact) mass is 197 g/mol. The number of benzene rings is 1. The molecule has 1 rings (SSSR count). The summed E-state index contributed by atoms with van der Waals surface area (Å²) in [6, 6.07) is 5.43. The number of hydrogen-bond donors (Lipinski definition) is 2. The Labute approximate surface area is 80.9 Å². The standard InChI is InChI=1S/C9H11NO2S/c1-13-7-2-3-8(10)6(4-7)5-9(11)12/h2-4H,5,10H2,1H3,(H,11,12). The van der Waals surface area contributed by atoms with Gasteiger partial charge in [-0.2, -0.15) is 0 Å². The Balaban J connectivity index is 2.96. The zero-order valence-electron chi connectivity index (χ0n) is 7.28. The number of anilines is 1. The number of carboxylic acids is 1. The molecule has 0 aromatic heterocycles. The lowest BCUT2D eigenvalue weighted by atomic mass is 10.1. The summed E-state index contributed by atoms with van der Waals surface area (Å²) in [5.74, 6) is -0.857. The van der Waals surface area contributed by atoms with Crippen LogP contribution in [0.25, 0.3) is 0 Å². The van der Waals surface area contributed by atoms with Crippen LogP contribution in [0.3, 0.4) is 0 Å². The molecule has 0 amide bonds. The van der Waals surface area contributed by atoms with Gasteiger partial charge in [0, 0.05) is 10.6 Å². The molecule has 3 nitrogen and oxygen atoms in total. The van der Waals surface area contributed by atoms with Crippen LogP contribution in [-0.4, -0.2) is 17.3 Å². The SMILES string of the molecule is CSc1ccc(N)c(CC(=O)O)c1. The lowest BCUT2D eigenvalue weighted by Crippen LogP contribution is -2.03. The third kappa shape index (κ3) is 2.66. The van der Waals surface area contributed by atoms with Crippen LogP contribution in [0.2, 0.25) is 0 Å². The fraction of sp³-hybridized carbons (Fsp3) is 0.222. The molecule has 1 aromatic carbocycles. The highest BCUT2D eigenvalue weighted by molar-refractivity contribution is 7.98. The van der Waals surface area contributed by atoms with Crippen molar-refractivity contribution in [2.75, 3.05) is 12.0 Å². The fourth-order valence-electron chi connectivity index (χ4n) is 1.03. The summed E-state index contributed by atoms with van der Waals surface area (Å²) in [7, 11) is 0. The molecule has 0 saturated heterocycles. The van der Waals surface area contributed by atoms with E-state index in [1.54, 1.807) is 17.8 Å². The van der Waals surface area contributed by atoms with Crippen LogP contribution in [-0.2, 0) is 11.2 Å². The molecular weight excluding hydrogens is 186 g/mol. The highest BCUT2D eigenvalue weighted by Crippen LogP contribution is 2.21. The molecule has 0 aliphatic carbocycles. The number of aliphatic carboxylic acids is 1. The smallest absolute Gasteiger partial charge is 0.307 e. The van der Waals surface area contributed by atoms with E-state index in [1.165, 1.54) is 0 Å². The third-order valence-electron chi connectivity index (χ3n) is 1.69. The number of rotatable bonds is 3. The minimum atomic E-state index is -0.857. The van der Waals surface area contributed by atoms with E-state index in [9.17, 15) is 4.79 Å². The summed E-state index contributed by atoms with van der Waals surface area (Å²) in [6.07, 6.45) is 1.93. The predicted octanol–water partition coefficient (Wildman–Crippen LogP) is 1.62. The summed E-state index contributed by atoms with van der Waals surface area (Å²) in [6.45, 7) is 0. The van der Waals surface area contributed by atoms with Crippen LogP contribution in [0.4, 0.5) is 5.69 Å². The molecule has 0 saturated carbocycles. The molecule has 70 valence electrons. The second-order valence-corrected chi connectivity index (χ2v) is 3.51. The number of carboxylic acid groups (broad SMARTS) is 1. The van der Waals surface area contributed by atoms with Gasteiger partial charge < -0.3 is 10.8 Å². The average Bonchev–Trinajstić information content (AvgIpc) is 2.08. The van der Waals surface area contributed by atoms with E-state index in [-0.39, 0.29) is 6.42 Å². The van der Waals surface area contributed by atoms with Gasteiger partial charge in [0.25, 0.3) is 0 Å². The number of nitrogens with two attached hydrogens (primary N) is 1. The van der Waals surface area contributed by atoms with Crippen molar-refractivity contribution in [1.29, 1.82) is 0 Å². The molecule has 0 aliphatic rings. The largest absolute Gasteiger partial charge is 0.481 e. The van der Waals surface area contributed by atoms with Crippen LogP contribution >= 0.6 is 11.8 Å². The summed E-state index contributed by atoms with van der Waals surface area (Å²) in [5, 5.41) is 8.59. The van der Waals surface area contributed by atoms with Gasteiger partial charge >= 0.3 is 5.97 Å². The van der Waals surface area contributed by atoms with Crippen molar-refractivity contribution in [3.8, 4) is 0 Å². The van der Waals surface area contributed by atoms with E-state index in [1.807, 2.05) is 18.4 Å². The second-order valence-electron chi connectivity index (χ2n) is 2.64. The quantitative estimate of drug-likeness (QED) is 0.571. The van der Waals surface area contributed by atoms with Gasteiger partial charge in [-0.25, -0.2) is 0 Å². The van der Waals surface area contributed by atoms with E-state index >= 15 is 0 Å². The van der Waals surface area contributed by atoms with Crippen molar-refractivity contribution in [2.45, 2.75) is 11.3 Å². The molecule has 0 atom stereocenters.